The lowest BCUT2D eigenvalue weighted by atomic mass is 10.2. The smallest absolute Gasteiger partial charge is 0.410 e. The summed E-state index contributed by atoms with van der Waals surface area (Å²) in [5, 5.41) is 0. The maximum atomic E-state index is 11.7. The van der Waals surface area contributed by atoms with Crippen LogP contribution in [0.3, 0.4) is 0 Å². The standard InChI is InChI=1S/C13H14NO2/c15-13(14-7-11-6-12(11)8-14)16-9-10-4-2-1-3-5-10/h1-6,11-12H,7-9H2/t11-,12+. The molecule has 16 heavy (non-hydrogen) atoms. The Hall–Kier alpha value is -1.51. The van der Waals surface area contributed by atoms with Crippen molar-refractivity contribution in [1.82, 2.24) is 4.90 Å². The van der Waals surface area contributed by atoms with Gasteiger partial charge in [-0.3, -0.25) is 0 Å². The van der Waals surface area contributed by atoms with Gasteiger partial charge in [-0.25, -0.2) is 4.79 Å². The number of fused-ring (bicyclic) bond motifs is 1. The molecule has 0 spiro atoms. The number of piperidine rings is 1. The van der Waals surface area contributed by atoms with Gasteiger partial charge in [-0.05, 0) is 23.8 Å². The first kappa shape index (κ1) is 9.70. The molecule has 83 valence electrons. The maximum Gasteiger partial charge on any atom is 0.410 e. The Morgan fingerprint density at radius 3 is 2.62 bits per heavy atom. The van der Waals surface area contributed by atoms with E-state index < -0.39 is 0 Å². The van der Waals surface area contributed by atoms with E-state index in [0.29, 0.717) is 18.4 Å². The summed E-state index contributed by atoms with van der Waals surface area (Å²) in [6.45, 7) is 2.06. The first-order valence-electron chi connectivity index (χ1n) is 5.63. The van der Waals surface area contributed by atoms with Crippen molar-refractivity contribution in [2.75, 3.05) is 13.1 Å². The number of hydrogen-bond acceptors (Lipinski definition) is 2. The molecule has 1 aromatic rings. The third-order valence-corrected chi connectivity index (χ3v) is 3.23. The summed E-state index contributed by atoms with van der Waals surface area (Å²) in [7, 11) is 0. The average Bonchev–Trinajstić information content (AvgIpc) is 2.94. The van der Waals surface area contributed by atoms with Gasteiger partial charge in [0.05, 0.1) is 0 Å². The molecule has 2 fully saturated rings. The molecule has 3 nitrogen and oxygen atoms in total. The number of rotatable bonds is 2. The Kier molecular flexibility index (Phi) is 2.31. The highest BCUT2D eigenvalue weighted by molar-refractivity contribution is 5.68. The quantitative estimate of drug-likeness (QED) is 0.757. The van der Waals surface area contributed by atoms with Gasteiger partial charge in [0, 0.05) is 13.1 Å². The van der Waals surface area contributed by atoms with Crippen molar-refractivity contribution in [1.29, 1.82) is 0 Å². The highest BCUT2D eigenvalue weighted by Crippen LogP contribution is 2.43. The van der Waals surface area contributed by atoms with Crippen molar-refractivity contribution < 1.29 is 9.53 Å². The van der Waals surface area contributed by atoms with Crippen LogP contribution < -0.4 is 0 Å². The zero-order valence-corrected chi connectivity index (χ0v) is 9.00. The van der Waals surface area contributed by atoms with Crippen LogP contribution in [0.4, 0.5) is 4.79 Å². The maximum absolute atomic E-state index is 11.7. The fraction of sp³-hybridized carbons (Fsp3) is 0.385. The van der Waals surface area contributed by atoms with E-state index >= 15 is 0 Å². The topological polar surface area (TPSA) is 29.5 Å². The minimum Gasteiger partial charge on any atom is -0.445 e. The lowest BCUT2D eigenvalue weighted by molar-refractivity contribution is 0.102. The molecule has 3 rings (SSSR count). The molecular weight excluding hydrogens is 202 g/mol. The van der Waals surface area contributed by atoms with E-state index in [1.807, 2.05) is 30.3 Å². The van der Waals surface area contributed by atoms with Gasteiger partial charge in [0.1, 0.15) is 6.61 Å². The molecule has 1 aromatic carbocycles. The van der Waals surface area contributed by atoms with Crippen molar-refractivity contribution >= 4 is 6.09 Å². The minimum absolute atomic E-state index is 0.176. The van der Waals surface area contributed by atoms with Gasteiger partial charge in [0.25, 0.3) is 0 Å². The van der Waals surface area contributed by atoms with E-state index in [4.69, 9.17) is 4.74 Å². The number of amides is 1. The molecule has 1 aliphatic carbocycles. The molecular formula is C13H14NO2. The summed E-state index contributed by atoms with van der Waals surface area (Å²) < 4.78 is 5.25. The Balaban J connectivity index is 1.50. The number of nitrogens with zero attached hydrogens (tertiary/aromatic N) is 1. The molecule has 0 aromatic heterocycles. The molecule has 3 heteroatoms. The summed E-state index contributed by atoms with van der Waals surface area (Å²) >= 11 is 0. The van der Waals surface area contributed by atoms with Gasteiger partial charge >= 0.3 is 6.09 Å². The largest absolute Gasteiger partial charge is 0.445 e. The second kappa shape index (κ2) is 3.81. The summed E-state index contributed by atoms with van der Waals surface area (Å²) in [4.78, 5) is 13.5. The number of hydrogen-bond donors (Lipinski definition) is 0. The van der Waals surface area contributed by atoms with E-state index in [-0.39, 0.29) is 6.09 Å². The van der Waals surface area contributed by atoms with E-state index in [1.54, 1.807) is 4.90 Å². The minimum atomic E-state index is -0.176. The number of carbonyl (C=O) groups is 1. The van der Waals surface area contributed by atoms with Gasteiger partial charge < -0.3 is 9.64 Å². The molecule has 0 unspecified atom stereocenters. The number of likely N-dealkylation sites (tertiary alicyclic amines) is 1. The number of carbonyl (C=O) groups excluding carboxylic acids is 1. The zero-order chi connectivity index (χ0) is 11.0. The summed E-state index contributed by atoms with van der Waals surface area (Å²) in [6.07, 6.45) is 2.12. The van der Waals surface area contributed by atoms with Crippen LogP contribution in [-0.2, 0) is 11.3 Å². The van der Waals surface area contributed by atoms with Crippen LogP contribution in [0.2, 0.25) is 0 Å². The zero-order valence-electron chi connectivity index (χ0n) is 9.00. The molecule has 1 saturated heterocycles. The Bertz CT molecular complexity index is 380. The SMILES string of the molecule is O=C(OCc1ccccc1)N1C[C@H]2[CH][C@H]2C1. The third-order valence-electron chi connectivity index (χ3n) is 3.23. The Morgan fingerprint density at radius 1 is 1.25 bits per heavy atom. The van der Waals surface area contributed by atoms with Crippen molar-refractivity contribution in [3.05, 3.63) is 42.3 Å². The van der Waals surface area contributed by atoms with Crippen LogP contribution in [0.5, 0.6) is 0 Å². The summed E-state index contributed by atoms with van der Waals surface area (Å²) in [5.74, 6) is 1.29. The van der Waals surface area contributed by atoms with E-state index in [1.165, 1.54) is 0 Å². The molecule has 1 heterocycles. The van der Waals surface area contributed by atoms with Crippen molar-refractivity contribution in [3.8, 4) is 0 Å². The number of benzene rings is 1. The van der Waals surface area contributed by atoms with Gasteiger partial charge in [0.15, 0.2) is 0 Å². The molecule has 2 atom stereocenters. The van der Waals surface area contributed by atoms with E-state index in [2.05, 4.69) is 6.42 Å². The van der Waals surface area contributed by atoms with Crippen LogP contribution in [-0.4, -0.2) is 24.1 Å². The van der Waals surface area contributed by atoms with Gasteiger partial charge in [0.2, 0.25) is 0 Å². The van der Waals surface area contributed by atoms with Gasteiger partial charge in [-0.15, -0.1) is 0 Å². The molecule has 1 amide bonds. The fourth-order valence-electron chi connectivity index (χ4n) is 2.19. The lowest BCUT2D eigenvalue weighted by Crippen LogP contribution is -2.30. The van der Waals surface area contributed by atoms with Crippen LogP contribution in [0.1, 0.15) is 5.56 Å². The van der Waals surface area contributed by atoms with Crippen molar-refractivity contribution in [2.24, 2.45) is 11.8 Å². The average molecular weight is 216 g/mol. The van der Waals surface area contributed by atoms with Crippen LogP contribution in [0.25, 0.3) is 0 Å². The van der Waals surface area contributed by atoms with E-state index in [0.717, 1.165) is 18.7 Å². The monoisotopic (exact) mass is 216 g/mol. The first-order valence-corrected chi connectivity index (χ1v) is 5.63. The second-order valence-electron chi connectivity index (χ2n) is 4.47. The highest BCUT2D eigenvalue weighted by Gasteiger charge is 2.47. The van der Waals surface area contributed by atoms with Crippen molar-refractivity contribution in [2.45, 2.75) is 6.61 Å². The Labute approximate surface area is 95.0 Å². The molecule has 1 saturated carbocycles. The second-order valence-corrected chi connectivity index (χ2v) is 4.47. The summed E-state index contributed by atoms with van der Waals surface area (Å²) in [6, 6.07) is 9.77. The molecule has 0 bridgehead atoms. The normalized spacial score (nSPS) is 26.4. The summed E-state index contributed by atoms with van der Waals surface area (Å²) in [5.41, 5.74) is 1.03. The lowest BCUT2D eigenvalue weighted by Gasteiger charge is -2.17. The van der Waals surface area contributed by atoms with Gasteiger partial charge in [-0.2, -0.15) is 0 Å². The molecule has 1 aliphatic heterocycles. The predicted molar refractivity (Wildman–Crippen MR) is 59.5 cm³/mol. The third kappa shape index (κ3) is 1.90. The van der Waals surface area contributed by atoms with Crippen LogP contribution in [0, 0.1) is 18.3 Å². The predicted octanol–water partition coefficient (Wildman–Crippen LogP) is 2.09. The first-order chi connectivity index (χ1) is 7.83. The molecule has 1 radical (unpaired) electrons. The van der Waals surface area contributed by atoms with Gasteiger partial charge in [-0.1, -0.05) is 30.3 Å². The number of ether oxygens (including phenoxy) is 1. The molecule has 0 N–H and O–H groups in total. The van der Waals surface area contributed by atoms with E-state index in [9.17, 15) is 4.79 Å². The fourth-order valence-corrected chi connectivity index (χ4v) is 2.19. The van der Waals surface area contributed by atoms with Crippen LogP contribution in [0.15, 0.2) is 30.3 Å². The van der Waals surface area contributed by atoms with Crippen LogP contribution >= 0.6 is 0 Å². The van der Waals surface area contributed by atoms with Crippen molar-refractivity contribution in [3.63, 3.8) is 0 Å². The molecule has 2 aliphatic rings. The Morgan fingerprint density at radius 2 is 1.94 bits per heavy atom. The highest BCUT2D eigenvalue weighted by atomic mass is 16.6.